The predicted octanol–water partition coefficient (Wildman–Crippen LogP) is 3.47. The van der Waals surface area contributed by atoms with Crippen LogP contribution in [0.4, 0.5) is 0 Å². The molecule has 0 heterocycles. The summed E-state index contributed by atoms with van der Waals surface area (Å²) in [6.07, 6.45) is 0.274. The van der Waals surface area contributed by atoms with Crippen LogP contribution in [-0.2, 0) is 6.42 Å². The van der Waals surface area contributed by atoms with Gasteiger partial charge in [0.15, 0.2) is 5.78 Å². The standard InChI is InChI=1S/C14H11ClO2/c15-12-6-4-11(5-7-12)14(17)9-10-2-1-3-13(16)8-10/h1-8,16H,9H2. The zero-order valence-electron chi connectivity index (χ0n) is 9.06. The molecule has 0 aliphatic rings. The minimum absolute atomic E-state index is 0.00673. The summed E-state index contributed by atoms with van der Waals surface area (Å²) >= 11 is 5.75. The lowest BCUT2D eigenvalue weighted by Crippen LogP contribution is -2.02. The molecule has 0 bridgehead atoms. The van der Waals surface area contributed by atoms with Gasteiger partial charge < -0.3 is 5.11 Å². The molecule has 0 saturated heterocycles. The van der Waals surface area contributed by atoms with Crippen LogP contribution in [0.3, 0.4) is 0 Å². The quantitative estimate of drug-likeness (QED) is 0.842. The number of aromatic hydroxyl groups is 1. The second-order valence-corrected chi connectivity index (χ2v) is 4.21. The van der Waals surface area contributed by atoms with Crippen LogP contribution in [0.1, 0.15) is 15.9 Å². The average Bonchev–Trinajstić information content (AvgIpc) is 2.29. The van der Waals surface area contributed by atoms with Crippen molar-refractivity contribution in [2.24, 2.45) is 0 Å². The van der Waals surface area contributed by atoms with Gasteiger partial charge in [0.2, 0.25) is 0 Å². The topological polar surface area (TPSA) is 37.3 Å². The summed E-state index contributed by atoms with van der Waals surface area (Å²) in [6, 6.07) is 13.5. The van der Waals surface area contributed by atoms with Crippen molar-refractivity contribution in [3.8, 4) is 5.75 Å². The molecule has 1 N–H and O–H groups in total. The molecule has 0 aliphatic heterocycles. The number of phenolic OH excluding ortho intramolecular Hbond substituents is 1. The fourth-order valence-corrected chi connectivity index (χ4v) is 1.72. The smallest absolute Gasteiger partial charge is 0.167 e. The molecule has 2 aromatic carbocycles. The number of hydrogen-bond acceptors (Lipinski definition) is 2. The fraction of sp³-hybridized carbons (Fsp3) is 0.0714. The van der Waals surface area contributed by atoms with Gasteiger partial charge in [-0.1, -0.05) is 23.7 Å². The molecule has 0 radical (unpaired) electrons. The normalized spacial score (nSPS) is 10.2. The number of benzene rings is 2. The second-order valence-electron chi connectivity index (χ2n) is 3.78. The largest absolute Gasteiger partial charge is 0.508 e. The van der Waals surface area contributed by atoms with Crippen molar-refractivity contribution in [2.75, 3.05) is 0 Å². The van der Waals surface area contributed by atoms with Crippen molar-refractivity contribution in [1.82, 2.24) is 0 Å². The van der Waals surface area contributed by atoms with E-state index in [2.05, 4.69) is 0 Å². The molecule has 2 nitrogen and oxygen atoms in total. The van der Waals surface area contributed by atoms with Crippen LogP contribution in [0.2, 0.25) is 5.02 Å². The Labute approximate surface area is 104 Å². The highest BCUT2D eigenvalue weighted by Gasteiger charge is 2.07. The van der Waals surface area contributed by atoms with Gasteiger partial charge >= 0.3 is 0 Å². The van der Waals surface area contributed by atoms with E-state index < -0.39 is 0 Å². The third-order valence-electron chi connectivity index (χ3n) is 2.44. The first-order chi connectivity index (χ1) is 8.15. The van der Waals surface area contributed by atoms with Crippen LogP contribution in [0.15, 0.2) is 48.5 Å². The van der Waals surface area contributed by atoms with Gasteiger partial charge in [-0.05, 0) is 42.0 Å². The average molecular weight is 247 g/mol. The molecule has 0 spiro atoms. The summed E-state index contributed by atoms with van der Waals surface area (Å²) in [4.78, 5) is 11.9. The number of phenols is 1. The summed E-state index contributed by atoms with van der Waals surface area (Å²) in [5.74, 6) is 0.179. The van der Waals surface area contributed by atoms with Crippen molar-refractivity contribution >= 4 is 17.4 Å². The Morgan fingerprint density at radius 2 is 1.82 bits per heavy atom. The van der Waals surface area contributed by atoms with E-state index in [4.69, 9.17) is 11.6 Å². The van der Waals surface area contributed by atoms with Crippen LogP contribution in [-0.4, -0.2) is 10.9 Å². The lowest BCUT2D eigenvalue weighted by atomic mass is 10.0. The maximum atomic E-state index is 11.9. The van der Waals surface area contributed by atoms with Crippen molar-refractivity contribution in [2.45, 2.75) is 6.42 Å². The summed E-state index contributed by atoms with van der Waals surface area (Å²) < 4.78 is 0. The van der Waals surface area contributed by atoms with Crippen LogP contribution in [0.5, 0.6) is 5.75 Å². The molecule has 3 heteroatoms. The number of Topliss-reactive ketones (excluding diaryl/α,β-unsaturated/α-hetero) is 1. The van der Waals surface area contributed by atoms with E-state index in [0.717, 1.165) is 5.56 Å². The van der Waals surface area contributed by atoms with Crippen molar-refractivity contribution in [1.29, 1.82) is 0 Å². The van der Waals surface area contributed by atoms with E-state index in [1.165, 1.54) is 0 Å². The highest BCUT2D eigenvalue weighted by molar-refractivity contribution is 6.30. The van der Waals surface area contributed by atoms with Crippen LogP contribution in [0, 0.1) is 0 Å². The molecule has 0 aliphatic carbocycles. The number of carbonyl (C=O) groups is 1. The molecule has 17 heavy (non-hydrogen) atoms. The zero-order chi connectivity index (χ0) is 12.3. The Morgan fingerprint density at radius 3 is 2.47 bits per heavy atom. The Hall–Kier alpha value is -1.80. The van der Waals surface area contributed by atoms with Crippen molar-refractivity contribution in [3.05, 3.63) is 64.7 Å². The van der Waals surface area contributed by atoms with Gasteiger partial charge in [0.1, 0.15) is 5.75 Å². The molecule has 0 fully saturated rings. The highest BCUT2D eigenvalue weighted by Crippen LogP contribution is 2.15. The van der Waals surface area contributed by atoms with Crippen LogP contribution in [0.25, 0.3) is 0 Å². The minimum atomic E-state index is 0.00673. The third-order valence-corrected chi connectivity index (χ3v) is 2.69. The predicted molar refractivity (Wildman–Crippen MR) is 67.6 cm³/mol. The summed E-state index contributed by atoms with van der Waals surface area (Å²) in [6.45, 7) is 0. The Morgan fingerprint density at radius 1 is 1.12 bits per heavy atom. The summed E-state index contributed by atoms with van der Waals surface area (Å²) in [7, 11) is 0. The van der Waals surface area contributed by atoms with Gasteiger partial charge in [-0.25, -0.2) is 0 Å². The lowest BCUT2D eigenvalue weighted by Gasteiger charge is -2.02. The van der Waals surface area contributed by atoms with E-state index in [1.807, 2.05) is 6.07 Å². The highest BCUT2D eigenvalue weighted by atomic mass is 35.5. The van der Waals surface area contributed by atoms with E-state index >= 15 is 0 Å². The number of ketones is 1. The fourth-order valence-electron chi connectivity index (χ4n) is 1.59. The maximum absolute atomic E-state index is 11.9. The van der Waals surface area contributed by atoms with Gasteiger partial charge in [0.05, 0.1) is 0 Å². The molecular weight excluding hydrogens is 236 g/mol. The molecule has 2 rings (SSSR count). The maximum Gasteiger partial charge on any atom is 0.167 e. The number of hydrogen-bond donors (Lipinski definition) is 1. The molecule has 0 unspecified atom stereocenters. The van der Waals surface area contributed by atoms with Gasteiger partial charge in [0.25, 0.3) is 0 Å². The molecule has 0 aromatic heterocycles. The first-order valence-electron chi connectivity index (χ1n) is 5.22. The SMILES string of the molecule is O=C(Cc1cccc(O)c1)c1ccc(Cl)cc1. The molecule has 0 amide bonds. The number of halogens is 1. The van der Waals surface area contributed by atoms with Crippen molar-refractivity contribution < 1.29 is 9.90 Å². The van der Waals surface area contributed by atoms with Crippen LogP contribution >= 0.6 is 11.6 Å². The Balaban J connectivity index is 2.14. The van der Waals surface area contributed by atoms with Crippen LogP contribution < -0.4 is 0 Å². The van der Waals surface area contributed by atoms with Gasteiger partial charge in [0, 0.05) is 17.0 Å². The molecule has 2 aromatic rings. The summed E-state index contributed by atoms with van der Waals surface area (Å²) in [5, 5.41) is 9.91. The molecule has 0 saturated carbocycles. The number of carbonyl (C=O) groups excluding carboxylic acids is 1. The summed E-state index contributed by atoms with van der Waals surface area (Å²) in [5.41, 5.74) is 1.42. The van der Waals surface area contributed by atoms with Gasteiger partial charge in [-0.15, -0.1) is 0 Å². The van der Waals surface area contributed by atoms with Gasteiger partial charge in [-0.3, -0.25) is 4.79 Å². The van der Waals surface area contributed by atoms with Crippen molar-refractivity contribution in [3.63, 3.8) is 0 Å². The monoisotopic (exact) mass is 246 g/mol. The van der Waals surface area contributed by atoms with Gasteiger partial charge in [-0.2, -0.15) is 0 Å². The Kier molecular flexibility index (Phi) is 3.45. The third kappa shape index (κ3) is 3.08. The first kappa shape index (κ1) is 11.7. The Bertz CT molecular complexity index is 532. The second kappa shape index (κ2) is 5.02. The lowest BCUT2D eigenvalue weighted by molar-refractivity contribution is 0.0993. The molecular formula is C14H11ClO2. The van der Waals surface area contributed by atoms with E-state index in [-0.39, 0.29) is 18.0 Å². The van der Waals surface area contributed by atoms with E-state index in [1.54, 1.807) is 42.5 Å². The zero-order valence-corrected chi connectivity index (χ0v) is 9.82. The first-order valence-corrected chi connectivity index (χ1v) is 5.59. The molecule has 86 valence electrons. The van der Waals surface area contributed by atoms with E-state index in [9.17, 15) is 9.90 Å². The van der Waals surface area contributed by atoms with E-state index in [0.29, 0.717) is 10.6 Å². The minimum Gasteiger partial charge on any atom is -0.508 e. The molecule has 0 atom stereocenters. The number of rotatable bonds is 3.